The molecule has 1 aliphatic carbocycles. The number of esters is 1. The minimum Gasteiger partial charge on any atom is -0.482 e. The molecule has 106 valence electrons. The van der Waals surface area contributed by atoms with Gasteiger partial charge in [0, 0.05) is 11.1 Å². The number of ether oxygens (including phenoxy) is 2. The summed E-state index contributed by atoms with van der Waals surface area (Å²) in [7, 11) is 1.23. The molecular weight excluding hydrogens is 272 g/mol. The van der Waals surface area contributed by atoms with Crippen LogP contribution in [0.4, 0.5) is 0 Å². The number of allylic oxidation sites excluding steroid dienone is 1. The van der Waals surface area contributed by atoms with Gasteiger partial charge in [0.15, 0.2) is 11.5 Å². The molecule has 3 rings (SSSR count). The van der Waals surface area contributed by atoms with Gasteiger partial charge < -0.3 is 9.47 Å². The summed E-state index contributed by atoms with van der Waals surface area (Å²) >= 11 is 0. The molecular formula is C16H12O5. The standard InChI is InChI=1S/C16H12O5/c1-8-7-11(16(19)20-2)12-13(17)9-5-3-4-6-10(9)14(18)15(12)21-8/h3-8H,1-2H3. The number of Topliss-reactive ketones (excluding diaryl/α,β-unsaturated/α-hetero) is 2. The van der Waals surface area contributed by atoms with Crippen LogP contribution >= 0.6 is 0 Å². The molecule has 1 aromatic carbocycles. The minimum atomic E-state index is -0.654. The number of carbonyl (C=O) groups is 3. The first-order valence-electron chi connectivity index (χ1n) is 6.44. The van der Waals surface area contributed by atoms with Crippen LogP contribution in [0.5, 0.6) is 0 Å². The summed E-state index contributed by atoms with van der Waals surface area (Å²) in [5, 5.41) is 0. The topological polar surface area (TPSA) is 69.7 Å². The van der Waals surface area contributed by atoms with Gasteiger partial charge in [-0.25, -0.2) is 4.79 Å². The number of benzene rings is 1. The van der Waals surface area contributed by atoms with Crippen molar-refractivity contribution < 1.29 is 23.9 Å². The van der Waals surface area contributed by atoms with Crippen molar-refractivity contribution in [3.8, 4) is 0 Å². The van der Waals surface area contributed by atoms with E-state index in [0.717, 1.165) is 0 Å². The summed E-state index contributed by atoms with van der Waals surface area (Å²) in [6.45, 7) is 1.69. The summed E-state index contributed by atoms with van der Waals surface area (Å²) in [6, 6.07) is 6.48. The summed E-state index contributed by atoms with van der Waals surface area (Å²) in [6.07, 6.45) is 1.00. The first-order chi connectivity index (χ1) is 10.0. The van der Waals surface area contributed by atoms with Crippen molar-refractivity contribution >= 4 is 17.5 Å². The van der Waals surface area contributed by atoms with Gasteiger partial charge in [0.1, 0.15) is 6.10 Å². The maximum Gasteiger partial charge on any atom is 0.338 e. The summed E-state index contributed by atoms with van der Waals surface area (Å²) < 4.78 is 10.2. The number of methoxy groups -OCH3 is 1. The van der Waals surface area contributed by atoms with Gasteiger partial charge in [-0.3, -0.25) is 9.59 Å². The Morgan fingerprint density at radius 3 is 2.38 bits per heavy atom. The molecule has 0 N–H and O–H groups in total. The molecule has 1 atom stereocenters. The number of carbonyl (C=O) groups excluding carboxylic acids is 3. The highest BCUT2D eigenvalue weighted by Crippen LogP contribution is 2.35. The lowest BCUT2D eigenvalue weighted by Gasteiger charge is -2.27. The van der Waals surface area contributed by atoms with Crippen LogP contribution in [0.1, 0.15) is 27.6 Å². The molecule has 5 heteroatoms. The molecule has 1 aliphatic heterocycles. The normalized spacial score (nSPS) is 20.3. The van der Waals surface area contributed by atoms with E-state index in [1.165, 1.54) is 13.2 Å². The monoisotopic (exact) mass is 284 g/mol. The second-order valence-electron chi connectivity index (χ2n) is 4.80. The third-order valence-electron chi connectivity index (χ3n) is 3.46. The lowest BCUT2D eigenvalue weighted by atomic mass is 9.83. The Labute approximate surface area is 120 Å². The smallest absolute Gasteiger partial charge is 0.338 e. The van der Waals surface area contributed by atoms with Crippen molar-refractivity contribution in [2.75, 3.05) is 7.11 Å². The van der Waals surface area contributed by atoms with E-state index in [1.807, 2.05) is 0 Å². The Balaban J connectivity index is 2.22. The van der Waals surface area contributed by atoms with Crippen molar-refractivity contribution in [1.29, 1.82) is 0 Å². The fourth-order valence-corrected chi connectivity index (χ4v) is 2.53. The molecule has 21 heavy (non-hydrogen) atoms. The fraction of sp³-hybridized carbons (Fsp3) is 0.188. The lowest BCUT2D eigenvalue weighted by molar-refractivity contribution is -0.136. The molecule has 1 aromatic rings. The van der Waals surface area contributed by atoms with E-state index in [0.29, 0.717) is 5.56 Å². The molecule has 0 saturated carbocycles. The molecule has 0 bridgehead atoms. The van der Waals surface area contributed by atoms with E-state index in [2.05, 4.69) is 0 Å². The number of fused-ring (bicyclic) bond motifs is 1. The first kappa shape index (κ1) is 13.3. The third kappa shape index (κ3) is 1.89. The molecule has 1 unspecified atom stereocenters. The van der Waals surface area contributed by atoms with E-state index in [4.69, 9.17) is 9.47 Å². The van der Waals surface area contributed by atoms with Crippen LogP contribution in [0.2, 0.25) is 0 Å². The number of ketones is 2. The highest BCUT2D eigenvalue weighted by Gasteiger charge is 2.40. The number of hydrogen-bond donors (Lipinski definition) is 0. The number of hydrogen-bond acceptors (Lipinski definition) is 5. The van der Waals surface area contributed by atoms with E-state index >= 15 is 0 Å². The third-order valence-corrected chi connectivity index (χ3v) is 3.46. The van der Waals surface area contributed by atoms with Gasteiger partial charge >= 0.3 is 5.97 Å². The average Bonchev–Trinajstić information content (AvgIpc) is 2.51. The molecule has 2 aliphatic rings. The first-order valence-corrected chi connectivity index (χ1v) is 6.44. The van der Waals surface area contributed by atoms with Crippen LogP contribution < -0.4 is 0 Å². The largest absolute Gasteiger partial charge is 0.482 e. The van der Waals surface area contributed by atoms with Crippen molar-refractivity contribution in [2.45, 2.75) is 13.0 Å². The van der Waals surface area contributed by atoms with Crippen molar-refractivity contribution in [2.24, 2.45) is 0 Å². The Kier molecular flexibility index (Phi) is 2.97. The lowest BCUT2D eigenvalue weighted by Crippen LogP contribution is -2.31. The second-order valence-corrected chi connectivity index (χ2v) is 4.80. The van der Waals surface area contributed by atoms with Gasteiger partial charge in [0.05, 0.1) is 18.3 Å². The van der Waals surface area contributed by atoms with Gasteiger partial charge in [-0.1, -0.05) is 24.3 Å². The van der Waals surface area contributed by atoms with Crippen molar-refractivity contribution in [1.82, 2.24) is 0 Å². The van der Waals surface area contributed by atoms with E-state index < -0.39 is 17.9 Å². The summed E-state index contributed by atoms with van der Waals surface area (Å²) in [5.74, 6) is -1.52. The highest BCUT2D eigenvalue weighted by atomic mass is 16.5. The van der Waals surface area contributed by atoms with Crippen LogP contribution in [-0.4, -0.2) is 30.7 Å². The van der Waals surface area contributed by atoms with Crippen LogP contribution in [0.25, 0.3) is 0 Å². The van der Waals surface area contributed by atoms with Gasteiger partial charge in [-0.05, 0) is 13.0 Å². The molecule has 0 saturated heterocycles. The van der Waals surface area contributed by atoms with Crippen LogP contribution in [-0.2, 0) is 14.3 Å². The molecule has 0 aromatic heterocycles. The maximum atomic E-state index is 12.6. The minimum absolute atomic E-state index is 0.0105. The van der Waals surface area contributed by atoms with E-state index in [-0.39, 0.29) is 28.3 Å². The SMILES string of the molecule is COC(=O)C1=CC(C)OC2=C1C(=O)c1ccccc1C2=O. The molecule has 0 fully saturated rings. The van der Waals surface area contributed by atoms with Crippen LogP contribution in [0.3, 0.4) is 0 Å². The van der Waals surface area contributed by atoms with Gasteiger partial charge in [-0.2, -0.15) is 0 Å². The van der Waals surface area contributed by atoms with Crippen LogP contribution in [0.15, 0.2) is 47.2 Å². The quantitative estimate of drug-likeness (QED) is 0.736. The average molecular weight is 284 g/mol. The Hall–Kier alpha value is -2.69. The molecule has 0 spiro atoms. The zero-order chi connectivity index (χ0) is 15.1. The van der Waals surface area contributed by atoms with Gasteiger partial charge in [0.2, 0.25) is 5.78 Å². The molecule has 0 radical (unpaired) electrons. The summed E-state index contributed by atoms with van der Waals surface area (Å²) in [4.78, 5) is 37.0. The molecule has 5 nitrogen and oxygen atoms in total. The summed E-state index contributed by atoms with van der Waals surface area (Å²) in [5.41, 5.74) is 0.636. The predicted octanol–water partition coefficient (Wildman–Crippen LogP) is 1.84. The predicted molar refractivity (Wildman–Crippen MR) is 72.8 cm³/mol. The second kappa shape index (κ2) is 4.70. The molecule has 0 amide bonds. The highest BCUT2D eigenvalue weighted by molar-refractivity contribution is 6.30. The maximum absolute atomic E-state index is 12.6. The zero-order valence-corrected chi connectivity index (χ0v) is 11.5. The van der Waals surface area contributed by atoms with Crippen molar-refractivity contribution in [3.05, 3.63) is 58.4 Å². The molecule has 1 heterocycles. The van der Waals surface area contributed by atoms with Gasteiger partial charge in [0.25, 0.3) is 0 Å². The van der Waals surface area contributed by atoms with Crippen LogP contribution in [0, 0.1) is 0 Å². The van der Waals surface area contributed by atoms with E-state index in [9.17, 15) is 14.4 Å². The number of rotatable bonds is 1. The van der Waals surface area contributed by atoms with Crippen molar-refractivity contribution in [3.63, 3.8) is 0 Å². The zero-order valence-electron chi connectivity index (χ0n) is 11.5. The Bertz CT molecular complexity index is 739. The van der Waals surface area contributed by atoms with E-state index in [1.54, 1.807) is 31.2 Å². The fourth-order valence-electron chi connectivity index (χ4n) is 2.53. The Morgan fingerprint density at radius 1 is 1.14 bits per heavy atom. The Morgan fingerprint density at radius 2 is 1.76 bits per heavy atom. The van der Waals surface area contributed by atoms with Gasteiger partial charge in [-0.15, -0.1) is 0 Å².